The molecule has 1 saturated carbocycles. The first-order valence-electron chi connectivity index (χ1n) is 14.3. The van der Waals surface area contributed by atoms with Crippen LogP contribution in [-0.2, 0) is 47.5 Å². The van der Waals surface area contributed by atoms with Crippen LogP contribution in [0.15, 0.2) is 20.5 Å². The van der Waals surface area contributed by atoms with Crippen LogP contribution in [0.1, 0.15) is 52.9 Å². The zero-order chi connectivity index (χ0) is 33.6. The lowest BCUT2D eigenvalue weighted by molar-refractivity contribution is -0.331. The first-order valence-corrected chi connectivity index (χ1v) is 14.3. The van der Waals surface area contributed by atoms with Crippen molar-refractivity contribution in [3.8, 4) is 0 Å². The third-order valence-corrected chi connectivity index (χ3v) is 7.35. The number of rotatable bonds is 13. The summed E-state index contributed by atoms with van der Waals surface area (Å²) in [5.41, 5.74) is 35.7. The maximum Gasteiger partial charge on any atom is 0.303 e. The molecule has 0 amide bonds. The number of esters is 3. The lowest BCUT2D eigenvalue weighted by atomic mass is 9.89. The number of carbonyl (C=O) groups is 3. The van der Waals surface area contributed by atoms with Crippen LogP contribution in [0.2, 0.25) is 0 Å². The fraction of sp³-hybridized carbons (Fsp3) is 0.875. The highest BCUT2D eigenvalue weighted by Gasteiger charge is 2.53. The molecule has 22 nitrogen and oxygen atoms in total. The second-order valence-electron chi connectivity index (χ2n) is 10.6. The molecule has 3 rings (SSSR count). The van der Waals surface area contributed by atoms with Crippen LogP contribution in [0, 0.1) is 0 Å². The predicted octanol–water partition coefficient (Wildman–Crippen LogP) is 3.94. The summed E-state index contributed by atoms with van der Waals surface area (Å²) in [7, 11) is 0. The van der Waals surface area contributed by atoms with Crippen molar-refractivity contribution in [3.05, 3.63) is 41.8 Å². The van der Waals surface area contributed by atoms with Crippen molar-refractivity contribution < 1.29 is 47.5 Å². The summed E-state index contributed by atoms with van der Waals surface area (Å²) in [5.74, 6) is -2.36. The Labute approximate surface area is 261 Å². The number of ether oxygens (including phenoxy) is 7. The third kappa shape index (κ3) is 10.3. The molecule has 3 fully saturated rings. The zero-order valence-corrected chi connectivity index (χ0v) is 25.2. The van der Waals surface area contributed by atoms with Gasteiger partial charge in [0, 0.05) is 52.9 Å². The molecule has 0 aromatic carbocycles. The van der Waals surface area contributed by atoms with Crippen molar-refractivity contribution in [2.24, 2.45) is 20.5 Å². The molecule has 1 aliphatic carbocycles. The van der Waals surface area contributed by atoms with Crippen molar-refractivity contribution in [1.29, 1.82) is 0 Å². The molecular weight excluding hydrogens is 616 g/mol. The first-order chi connectivity index (χ1) is 22.1. The highest BCUT2D eigenvalue weighted by Crippen LogP contribution is 2.35. The Morgan fingerprint density at radius 3 is 1.87 bits per heavy atom. The molecule has 0 radical (unpaired) electrons. The summed E-state index contributed by atoms with van der Waals surface area (Å²) in [6.07, 6.45) is -8.24. The molecule has 3 aliphatic rings. The average molecular weight is 651 g/mol. The van der Waals surface area contributed by atoms with E-state index in [2.05, 4.69) is 40.1 Å². The van der Waals surface area contributed by atoms with E-state index in [4.69, 9.17) is 55.3 Å². The molecule has 2 aliphatic heterocycles. The van der Waals surface area contributed by atoms with Crippen LogP contribution in [0.5, 0.6) is 0 Å². The molecule has 22 heteroatoms. The quantitative estimate of drug-likeness (QED) is 0.0907. The molecule has 0 spiro atoms. The van der Waals surface area contributed by atoms with Gasteiger partial charge in [0.2, 0.25) is 0 Å². The molecule has 0 aromatic rings. The minimum absolute atomic E-state index is 0.207. The Morgan fingerprint density at radius 2 is 1.26 bits per heavy atom. The van der Waals surface area contributed by atoms with E-state index in [9.17, 15) is 14.4 Å². The second kappa shape index (κ2) is 17.8. The van der Waals surface area contributed by atoms with Gasteiger partial charge in [-0.3, -0.25) is 14.4 Å². The number of azide groups is 4. The Hall–Kier alpha value is -4.51. The molecule has 250 valence electrons. The Balaban J connectivity index is 1.84. The molecule has 0 bridgehead atoms. The normalized spacial score (nSPS) is 33.8. The maximum absolute atomic E-state index is 12.1. The van der Waals surface area contributed by atoms with Gasteiger partial charge in [-0.15, -0.1) is 0 Å². The summed E-state index contributed by atoms with van der Waals surface area (Å²) in [6, 6.07) is -0.957. The molecule has 2 saturated heterocycles. The van der Waals surface area contributed by atoms with Crippen molar-refractivity contribution in [1.82, 2.24) is 0 Å². The average Bonchev–Trinajstić information content (AvgIpc) is 3.00. The number of nitrogens with zero attached hydrogens (tertiary/aromatic N) is 12. The van der Waals surface area contributed by atoms with Crippen LogP contribution < -0.4 is 0 Å². The van der Waals surface area contributed by atoms with E-state index in [1.54, 1.807) is 0 Å². The number of carbonyl (C=O) groups excluding carboxylic acids is 3. The standard InChI is InChI=1S/C24H34N12O10/c1-11(37)40-21-19(10-30-34-26)46-24(23(42-13(3)39)22(21)41-12(2)38)45-17-6-7-20(44-18(17)9-29-33-25)43-16-5-4-14(31-35-27)8-15(16)32-36-28/h14-24H,4-10H2,1-3H3/t14-,15-,16-,17-,18+,19+,20-,21+,22-,23+,24-/m0/s1. The van der Waals surface area contributed by atoms with Gasteiger partial charge >= 0.3 is 17.9 Å². The molecular formula is C24H34N12O10. The maximum atomic E-state index is 12.1. The lowest BCUT2D eigenvalue weighted by Crippen LogP contribution is -2.63. The Bertz CT molecular complexity index is 1300. The van der Waals surface area contributed by atoms with E-state index in [0.717, 1.165) is 20.8 Å². The van der Waals surface area contributed by atoms with Gasteiger partial charge in [0.1, 0.15) is 6.10 Å². The van der Waals surface area contributed by atoms with Gasteiger partial charge in [-0.1, -0.05) is 20.5 Å². The third-order valence-electron chi connectivity index (χ3n) is 7.35. The molecule has 0 N–H and O–H groups in total. The van der Waals surface area contributed by atoms with Crippen molar-refractivity contribution in [2.45, 2.75) is 120 Å². The molecule has 0 unspecified atom stereocenters. The van der Waals surface area contributed by atoms with Crippen LogP contribution >= 0.6 is 0 Å². The highest BCUT2D eigenvalue weighted by molar-refractivity contribution is 5.68. The highest BCUT2D eigenvalue weighted by atomic mass is 16.7. The Kier molecular flexibility index (Phi) is 13.9. The summed E-state index contributed by atoms with van der Waals surface area (Å²) in [5, 5.41) is 14.6. The molecule has 2 heterocycles. The van der Waals surface area contributed by atoms with Gasteiger partial charge in [-0.25, -0.2) is 0 Å². The first kappa shape index (κ1) is 36.0. The predicted molar refractivity (Wildman–Crippen MR) is 151 cm³/mol. The number of hydrogen-bond donors (Lipinski definition) is 0. The minimum Gasteiger partial charge on any atom is -0.456 e. The van der Waals surface area contributed by atoms with Gasteiger partial charge in [0.25, 0.3) is 0 Å². The molecule has 46 heavy (non-hydrogen) atoms. The topological polar surface area (TPSA) is 311 Å². The minimum atomic E-state index is -1.45. The van der Waals surface area contributed by atoms with Crippen LogP contribution in [0.25, 0.3) is 41.8 Å². The second-order valence-corrected chi connectivity index (χ2v) is 10.6. The summed E-state index contributed by atoms with van der Waals surface area (Å²) in [6.45, 7) is 2.74. The van der Waals surface area contributed by atoms with Gasteiger partial charge in [0.15, 0.2) is 30.9 Å². The molecule has 0 aromatic heterocycles. The summed E-state index contributed by atoms with van der Waals surface area (Å²) in [4.78, 5) is 47.4. The summed E-state index contributed by atoms with van der Waals surface area (Å²) < 4.78 is 40.7. The molecule has 11 atom stereocenters. The summed E-state index contributed by atoms with van der Waals surface area (Å²) >= 11 is 0. The van der Waals surface area contributed by atoms with E-state index in [0.29, 0.717) is 19.3 Å². The van der Waals surface area contributed by atoms with Crippen LogP contribution in [-0.4, -0.2) is 98.4 Å². The van der Waals surface area contributed by atoms with Gasteiger partial charge < -0.3 is 33.2 Å². The fourth-order valence-corrected chi connectivity index (χ4v) is 5.59. The van der Waals surface area contributed by atoms with Gasteiger partial charge in [-0.05, 0) is 47.8 Å². The van der Waals surface area contributed by atoms with Crippen molar-refractivity contribution in [3.63, 3.8) is 0 Å². The van der Waals surface area contributed by atoms with E-state index >= 15 is 0 Å². The van der Waals surface area contributed by atoms with E-state index in [-0.39, 0.29) is 32.0 Å². The zero-order valence-electron chi connectivity index (χ0n) is 25.2. The van der Waals surface area contributed by atoms with E-state index < -0.39 is 79.3 Å². The van der Waals surface area contributed by atoms with E-state index in [1.807, 2.05) is 0 Å². The van der Waals surface area contributed by atoms with Crippen molar-refractivity contribution in [2.75, 3.05) is 13.1 Å². The number of hydrogen-bond acceptors (Lipinski definition) is 14. The Morgan fingerprint density at radius 1 is 0.674 bits per heavy atom. The lowest BCUT2D eigenvalue weighted by Gasteiger charge is -2.46. The van der Waals surface area contributed by atoms with Gasteiger partial charge in [-0.2, -0.15) is 0 Å². The van der Waals surface area contributed by atoms with Crippen LogP contribution in [0.4, 0.5) is 0 Å². The fourth-order valence-electron chi connectivity index (χ4n) is 5.59. The van der Waals surface area contributed by atoms with Gasteiger partial charge in [0.05, 0.1) is 37.4 Å². The smallest absolute Gasteiger partial charge is 0.303 e. The van der Waals surface area contributed by atoms with Crippen molar-refractivity contribution >= 4 is 17.9 Å². The van der Waals surface area contributed by atoms with E-state index in [1.165, 1.54) is 0 Å². The van der Waals surface area contributed by atoms with Crippen LogP contribution in [0.3, 0.4) is 0 Å². The SMILES string of the molecule is CC(=O)O[C@@H]1[C@@H](OC(C)=O)[C@@H](O[C@H]2CC[C@@H](O[C@H]3CC[C@H](N=[N+]=[N-])C[C@@H]3N=[N+]=[N-])O[C@@H]2CN=[N+]=[N-])O[C@H](CN=[N+]=[N-])[C@H]1OC(C)=O. The largest absolute Gasteiger partial charge is 0.456 e. The monoisotopic (exact) mass is 650 g/mol.